The van der Waals surface area contributed by atoms with Crippen molar-refractivity contribution >= 4 is 34.0 Å². The van der Waals surface area contributed by atoms with E-state index in [2.05, 4.69) is 30.6 Å². The normalized spacial score (nSPS) is 13.4. The molecule has 10 nitrogen and oxygen atoms in total. The van der Waals surface area contributed by atoms with Gasteiger partial charge in [0, 0.05) is 36.8 Å². The average molecular weight is 538 g/mol. The van der Waals surface area contributed by atoms with E-state index >= 15 is 0 Å². The number of aliphatic hydroxyl groups is 1. The molecule has 204 valence electrons. The maximum Gasteiger partial charge on any atom is 0.246 e. The number of carbonyl (C=O) groups is 1. The van der Waals surface area contributed by atoms with E-state index in [0.29, 0.717) is 42.0 Å². The largest absolute Gasteiger partial charge is 0.492 e. The number of aromatic nitrogens is 4. The fourth-order valence-corrected chi connectivity index (χ4v) is 4.45. The predicted octanol–water partition coefficient (Wildman–Crippen LogP) is 3.71. The van der Waals surface area contributed by atoms with Crippen molar-refractivity contribution in [2.45, 2.75) is 31.8 Å². The molecular weight excluding hydrogens is 508 g/mol. The summed E-state index contributed by atoms with van der Waals surface area (Å²) >= 11 is 0. The summed E-state index contributed by atoms with van der Waals surface area (Å²) in [5.41, 5.74) is 1.04. The van der Waals surface area contributed by atoms with Crippen LogP contribution in [-0.2, 0) is 11.3 Å². The Morgan fingerprint density at radius 1 is 1.18 bits per heavy atom. The molecule has 0 radical (unpaired) electrons. The van der Waals surface area contributed by atoms with Crippen molar-refractivity contribution in [3.63, 3.8) is 0 Å². The average Bonchev–Trinajstić information content (AvgIpc) is 3.32. The number of nitrogens with one attached hydrogen (secondary N) is 2. The maximum absolute atomic E-state index is 13.8. The number of hydrogen-bond donors (Lipinski definition) is 3. The highest BCUT2D eigenvalue weighted by atomic mass is 19.2. The molecule has 12 heteroatoms. The van der Waals surface area contributed by atoms with Gasteiger partial charge in [-0.25, -0.2) is 18.7 Å². The Hall–Kier alpha value is -4.16. The first kappa shape index (κ1) is 26.4. The second-order valence-corrected chi connectivity index (χ2v) is 9.30. The van der Waals surface area contributed by atoms with Gasteiger partial charge in [0.2, 0.25) is 5.91 Å². The molecule has 2 heterocycles. The van der Waals surface area contributed by atoms with Gasteiger partial charge in [0.1, 0.15) is 31.0 Å². The lowest BCUT2D eigenvalue weighted by Gasteiger charge is -2.37. The van der Waals surface area contributed by atoms with Gasteiger partial charge >= 0.3 is 0 Å². The predicted molar refractivity (Wildman–Crippen MR) is 142 cm³/mol. The van der Waals surface area contributed by atoms with Crippen LogP contribution in [0.25, 0.3) is 10.9 Å². The van der Waals surface area contributed by atoms with Crippen molar-refractivity contribution < 1.29 is 23.4 Å². The Morgan fingerprint density at radius 2 is 2.05 bits per heavy atom. The number of benzene rings is 2. The van der Waals surface area contributed by atoms with E-state index in [9.17, 15) is 18.7 Å². The number of anilines is 3. The van der Waals surface area contributed by atoms with Crippen LogP contribution >= 0.6 is 0 Å². The van der Waals surface area contributed by atoms with Gasteiger partial charge in [0.15, 0.2) is 11.6 Å². The fourth-order valence-electron chi connectivity index (χ4n) is 4.45. The molecule has 0 unspecified atom stereocenters. The van der Waals surface area contributed by atoms with Crippen LogP contribution in [0.15, 0.2) is 55.1 Å². The van der Waals surface area contributed by atoms with Crippen LogP contribution in [0.4, 0.5) is 26.0 Å². The van der Waals surface area contributed by atoms with Crippen LogP contribution in [0.1, 0.15) is 19.3 Å². The van der Waals surface area contributed by atoms with E-state index in [1.807, 2.05) is 18.2 Å². The highest BCUT2D eigenvalue weighted by molar-refractivity contribution is 5.92. The Bertz CT molecular complexity index is 1440. The zero-order valence-electron chi connectivity index (χ0n) is 21.2. The molecule has 1 amide bonds. The molecule has 2 aromatic heterocycles. The molecule has 39 heavy (non-hydrogen) atoms. The quantitative estimate of drug-likeness (QED) is 0.250. The van der Waals surface area contributed by atoms with Crippen molar-refractivity contribution in [2.24, 2.45) is 0 Å². The van der Waals surface area contributed by atoms with E-state index in [1.165, 1.54) is 48.6 Å². The molecule has 4 aromatic rings. The number of halogens is 2. The highest BCUT2D eigenvalue weighted by Gasteiger charge is 2.24. The third-order valence-electron chi connectivity index (χ3n) is 6.66. The smallest absolute Gasteiger partial charge is 0.246 e. The van der Waals surface area contributed by atoms with E-state index < -0.39 is 17.5 Å². The molecule has 1 saturated carbocycles. The van der Waals surface area contributed by atoms with E-state index in [0.717, 1.165) is 18.0 Å². The summed E-state index contributed by atoms with van der Waals surface area (Å²) in [6.45, 7) is 1.86. The molecule has 3 N–H and O–H groups in total. The number of amides is 1. The minimum Gasteiger partial charge on any atom is -0.492 e. The number of fused-ring (bicyclic) bond motifs is 1. The standard InChI is InChI=1S/C27H29F2N7O3/c28-22-5-2-6-23(26(22)29)34-25(38)16-36-15-18(14-32-36)33-27-21-8-7-20(13-24(21)30-17-31-27)39-12-10-35(9-11-37)19-3-1-4-19/h2,5-8,13-15,17,19,37H,1,3-4,9-12,16H2,(H,34,38)(H,30,31,33). The van der Waals surface area contributed by atoms with Gasteiger partial charge in [-0.15, -0.1) is 0 Å². The van der Waals surface area contributed by atoms with Crippen molar-refractivity contribution in [3.05, 3.63) is 66.8 Å². The Morgan fingerprint density at radius 3 is 2.85 bits per heavy atom. The number of ether oxygens (including phenoxy) is 1. The van der Waals surface area contributed by atoms with Crippen LogP contribution in [0.2, 0.25) is 0 Å². The van der Waals surface area contributed by atoms with Crippen molar-refractivity contribution in [1.29, 1.82) is 0 Å². The molecule has 2 aromatic carbocycles. The molecule has 1 aliphatic rings. The minimum atomic E-state index is -1.12. The molecule has 0 spiro atoms. The number of carbonyl (C=O) groups excluding carboxylic acids is 1. The third-order valence-corrected chi connectivity index (χ3v) is 6.66. The first-order chi connectivity index (χ1) is 19.0. The molecule has 0 saturated heterocycles. The van der Waals surface area contributed by atoms with Crippen molar-refractivity contribution in [3.8, 4) is 5.75 Å². The highest BCUT2D eigenvalue weighted by Crippen LogP contribution is 2.27. The fraction of sp³-hybridized carbons (Fsp3) is 0.333. The first-order valence-electron chi connectivity index (χ1n) is 12.8. The van der Waals surface area contributed by atoms with Gasteiger partial charge in [-0.1, -0.05) is 12.5 Å². The first-order valence-corrected chi connectivity index (χ1v) is 12.8. The lowest BCUT2D eigenvalue weighted by atomic mass is 9.91. The molecule has 0 aliphatic heterocycles. The summed E-state index contributed by atoms with van der Waals surface area (Å²) in [4.78, 5) is 23.3. The summed E-state index contributed by atoms with van der Waals surface area (Å²) in [5.74, 6) is -1.46. The molecule has 1 fully saturated rings. The lowest BCUT2D eigenvalue weighted by Crippen LogP contribution is -2.43. The summed E-state index contributed by atoms with van der Waals surface area (Å²) in [7, 11) is 0. The summed E-state index contributed by atoms with van der Waals surface area (Å²) in [6.07, 6.45) is 8.16. The topological polar surface area (TPSA) is 117 Å². The number of aliphatic hydroxyl groups excluding tert-OH is 1. The maximum atomic E-state index is 13.8. The zero-order chi connectivity index (χ0) is 27.2. The van der Waals surface area contributed by atoms with Gasteiger partial charge in [-0.3, -0.25) is 14.4 Å². The molecular formula is C27H29F2N7O3. The lowest BCUT2D eigenvalue weighted by molar-refractivity contribution is -0.116. The zero-order valence-corrected chi connectivity index (χ0v) is 21.2. The van der Waals surface area contributed by atoms with Gasteiger partial charge in [0.05, 0.1) is 29.7 Å². The van der Waals surface area contributed by atoms with E-state index in [-0.39, 0.29) is 18.8 Å². The molecule has 0 bridgehead atoms. The van der Waals surface area contributed by atoms with Gasteiger partial charge in [-0.2, -0.15) is 5.10 Å². The van der Waals surface area contributed by atoms with Crippen molar-refractivity contribution in [2.75, 3.05) is 36.9 Å². The second kappa shape index (κ2) is 12.1. The minimum absolute atomic E-state index is 0.139. The number of nitrogens with zero attached hydrogens (tertiary/aromatic N) is 5. The van der Waals surface area contributed by atoms with E-state index in [4.69, 9.17) is 4.74 Å². The van der Waals surface area contributed by atoms with Gasteiger partial charge in [-0.05, 0) is 37.1 Å². The van der Waals surface area contributed by atoms with Crippen LogP contribution < -0.4 is 15.4 Å². The van der Waals surface area contributed by atoms with Gasteiger partial charge in [0.25, 0.3) is 0 Å². The second-order valence-electron chi connectivity index (χ2n) is 9.30. The summed E-state index contributed by atoms with van der Waals surface area (Å²) in [5, 5.41) is 19.8. The van der Waals surface area contributed by atoms with E-state index in [1.54, 1.807) is 6.20 Å². The Kier molecular flexibility index (Phi) is 8.23. The van der Waals surface area contributed by atoms with Crippen molar-refractivity contribution in [1.82, 2.24) is 24.6 Å². The Labute approximate surface area is 223 Å². The monoisotopic (exact) mass is 537 g/mol. The Balaban J connectivity index is 1.19. The number of rotatable bonds is 12. The summed E-state index contributed by atoms with van der Waals surface area (Å²) in [6, 6.07) is 9.69. The summed E-state index contributed by atoms with van der Waals surface area (Å²) < 4.78 is 34.5. The third kappa shape index (κ3) is 6.47. The molecule has 1 aliphatic carbocycles. The number of hydrogen-bond acceptors (Lipinski definition) is 8. The molecule has 5 rings (SSSR count). The van der Waals surface area contributed by atoms with Gasteiger partial charge < -0.3 is 20.5 Å². The SMILES string of the molecule is O=C(Cn1cc(Nc2ncnc3cc(OCCN(CCO)C4CCC4)ccc23)cn1)Nc1cccc(F)c1F. The van der Waals surface area contributed by atoms with Crippen LogP contribution in [0.3, 0.4) is 0 Å². The molecule has 0 atom stereocenters. The van der Waals surface area contributed by atoms with Crippen LogP contribution in [0, 0.1) is 11.6 Å². The van der Waals surface area contributed by atoms with Crippen LogP contribution in [-0.4, -0.2) is 68.0 Å². The van der Waals surface area contributed by atoms with Crippen LogP contribution in [0.5, 0.6) is 5.75 Å².